The van der Waals surface area contributed by atoms with Gasteiger partial charge in [0.15, 0.2) is 5.82 Å². The van der Waals surface area contributed by atoms with Crippen molar-refractivity contribution in [2.45, 2.75) is 5.41 Å². The van der Waals surface area contributed by atoms with E-state index in [2.05, 4.69) is 194 Å². The molecule has 2 heteroatoms. The average molecular weight is 697 g/mol. The summed E-state index contributed by atoms with van der Waals surface area (Å²) in [5, 5.41) is 7.47. The Morgan fingerprint density at radius 1 is 0.309 bits per heavy atom. The Hall–Kier alpha value is -7.16. The molecule has 254 valence electrons. The molecule has 2 aliphatic carbocycles. The first-order valence-corrected chi connectivity index (χ1v) is 19.0. The van der Waals surface area contributed by atoms with Gasteiger partial charge >= 0.3 is 0 Å². The maximum absolute atomic E-state index is 5.39. The Morgan fingerprint density at radius 3 is 1.33 bits per heavy atom. The maximum atomic E-state index is 5.39. The molecule has 0 atom stereocenters. The third kappa shape index (κ3) is 4.08. The summed E-state index contributed by atoms with van der Waals surface area (Å²) < 4.78 is 0. The zero-order valence-corrected chi connectivity index (χ0v) is 29.9. The minimum atomic E-state index is -0.540. The van der Waals surface area contributed by atoms with Gasteiger partial charge in [0.25, 0.3) is 0 Å². The molecule has 0 N–H and O–H groups in total. The number of fused-ring (bicyclic) bond motifs is 17. The van der Waals surface area contributed by atoms with Gasteiger partial charge < -0.3 is 0 Å². The number of rotatable bonds is 3. The fourth-order valence-electron chi connectivity index (χ4n) is 9.95. The van der Waals surface area contributed by atoms with Crippen molar-refractivity contribution in [1.82, 2.24) is 9.97 Å². The summed E-state index contributed by atoms with van der Waals surface area (Å²) >= 11 is 0. The highest BCUT2D eigenvalue weighted by atomic mass is 14.9. The second kappa shape index (κ2) is 11.4. The highest BCUT2D eigenvalue weighted by Gasteiger charge is 2.54. The number of hydrogen-bond donors (Lipinski definition) is 0. The molecule has 55 heavy (non-hydrogen) atoms. The summed E-state index contributed by atoms with van der Waals surface area (Å²) in [6.45, 7) is 0. The Balaban J connectivity index is 1.28. The molecule has 2 nitrogen and oxygen atoms in total. The predicted molar refractivity (Wildman–Crippen MR) is 227 cm³/mol. The molecule has 0 saturated heterocycles. The molecule has 0 bridgehead atoms. The average Bonchev–Trinajstić information content (AvgIpc) is 3.74. The van der Waals surface area contributed by atoms with Crippen LogP contribution in [0.5, 0.6) is 0 Å². The van der Waals surface area contributed by atoms with Crippen molar-refractivity contribution in [3.8, 4) is 56.2 Å². The van der Waals surface area contributed by atoms with Crippen LogP contribution in [0.4, 0.5) is 0 Å². The Morgan fingerprint density at radius 2 is 0.745 bits per heavy atom. The van der Waals surface area contributed by atoms with E-state index >= 15 is 0 Å². The SMILES string of the molecule is c1ccc(-c2cc(-c3ccccc3)nc(-c3cc4c(c5ccccc35)C3(c5ccccc5-c5ccccc53)c3c-4c4ccccc4c4ccccc34)n2)cc1. The van der Waals surface area contributed by atoms with Crippen LogP contribution in [0, 0.1) is 0 Å². The fraction of sp³-hybridized carbons (Fsp3) is 0.0189. The molecule has 0 amide bonds. The van der Waals surface area contributed by atoms with Crippen LogP contribution in [0.2, 0.25) is 0 Å². The van der Waals surface area contributed by atoms with E-state index in [-0.39, 0.29) is 0 Å². The predicted octanol–water partition coefficient (Wildman–Crippen LogP) is 13.3. The van der Waals surface area contributed by atoms with E-state index in [1.54, 1.807) is 0 Å². The van der Waals surface area contributed by atoms with Crippen molar-refractivity contribution in [3.63, 3.8) is 0 Å². The minimum Gasteiger partial charge on any atom is -0.228 e. The molecular formula is C53H32N2. The molecule has 2 aliphatic rings. The van der Waals surface area contributed by atoms with Crippen LogP contribution in [0.15, 0.2) is 194 Å². The number of benzene rings is 9. The first-order chi connectivity index (χ1) is 27.3. The molecule has 1 aromatic heterocycles. The summed E-state index contributed by atoms with van der Waals surface area (Å²) in [6.07, 6.45) is 0. The molecule has 12 rings (SSSR count). The summed E-state index contributed by atoms with van der Waals surface area (Å²) in [4.78, 5) is 10.8. The van der Waals surface area contributed by atoms with Crippen molar-refractivity contribution in [3.05, 3.63) is 216 Å². The Labute approximate surface area is 319 Å². The van der Waals surface area contributed by atoms with Gasteiger partial charge in [0.1, 0.15) is 0 Å². The van der Waals surface area contributed by atoms with Crippen LogP contribution >= 0.6 is 0 Å². The van der Waals surface area contributed by atoms with Crippen LogP contribution < -0.4 is 0 Å². The largest absolute Gasteiger partial charge is 0.228 e. The summed E-state index contributed by atoms with van der Waals surface area (Å²) in [7, 11) is 0. The Kier molecular flexibility index (Phi) is 6.29. The summed E-state index contributed by atoms with van der Waals surface area (Å²) in [6, 6.07) is 70.7. The highest BCUT2D eigenvalue weighted by Crippen LogP contribution is 2.67. The third-order valence-electron chi connectivity index (χ3n) is 12.1. The van der Waals surface area contributed by atoms with Gasteiger partial charge in [-0.3, -0.25) is 0 Å². The van der Waals surface area contributed by atoms with Crippen LogP contribution in [-0.2, 0) is 5.41 Å². The summed E-state index contributed by atoms with van der Waals surface area (Å²) in [5.41, 5.74) is 14.9. The van der Waals surface area contributed by atoms with Crippen molar-refractivity contribution < 1.29 is 0 Å². The Bertz CT molecular complexity index is 3100. The molecule has 0 unspecified atom stereocenters. The highest BCUT2D eigenvalue weighted by molar-refractivity contribution is 6.22. The van der Waals surface area contributed by atoms with E-state index < -0.39 is 5.41 Å². The quantitative estimate of drug-likeness (QED) is 0.172. The van der Waals surface area contributed by atoms with Gasteiger partial charge in [-0.1, -0.05) is 182 Å². The van der Waals surface area contributed by atoms with Crippen molar-refractivity contribution in [1.29, 1.82) is 0 Å². The van der Waals surface area contributed by atoms with Gasteiger partial charge in [0.2, 0.25) is 0 Å². The number of nitrogens with zero attached hydrogens (tertiary/aromatic N) is 2. The normalized spacial score (nSPS) is 13.2. The fourth-order valence-corrected chi connectivity index (χ4v) is 9.95. The molecule has 10 aromatic rings. The zero-order valence-electron chi connectivity index (χ0n) is 29.9. The van der Waals surface area contributed by atoms with E-state index in [4.69, 9.17) is 9.97 Å². The maximum Gasteiger partial charge on any atom is 0.161 e. The second-order valence-corrected chi connectivity index (χ2v) is 14.8. The zero-order chi connectivity index (χ0) is 36.1. The molecule has 0 aliphatic heterocycles. The van der Waals surface area contributed by atoms with Gasteiger partial charge in [-0.05, 0) is 89.0 Å². The molecule has 1 heterocycles. The first-order valence-electron chi connectivity index (χ1n) is 19.0. The molecule has 0 saturated carbocycles. The first kappa shape index (κ1) is 30.3. The van der Waals surface area contributed by atoms with Gasteiger partial charge in [-0.25, -0.2) is 9.97 Å². The lowest BCUT2D eigenvalue weighted by molar-refractivity contribution is 0.809. The smallest absolute Gasteiger partial charge is 0.161 e. The van der Waals surface area contributed by atoms with Crippen LogP contribution in [0.25, 0.3) is 88.5 Å². The van der Waals surface area contributed by atoms with Crippen molar-refractivity contribution >= 4 is 32.3 Å². The molecule has 0 radical (unpaired) electrons. The standard InChI is InChI=1S/C53H32N2/c1-3-17-33(18-4-1)47-32-48(34-19-5-2-6-20-34)55-52(54-47)43-31-44-49-40-26-10-7-21-35(40)36-22-8-12-28-42(36)51(49)53(50(44)41-27-11-9-23-37(41)43)45-29-15-13-24-38(45)39-25-14-16-30-46(39)53/h1-32H. The second-order valence-electron chi connectivity index (χ2n) is 14.8. The molecule has 0 fully saturated rings. The van der Waals surface area contributed by atoms with Crippen LogP contribution in [0.1, 0.15) is 22.3 Å². The number of hydrogen-bond acceptors (Lipinski definition) is 2. The lowest BCUT2D eigenvalue weighted by atomic mass is 9.68. The summed E-state index contributed by atoms with van der Waals surface area (Å²) in [5.74, 6) is 0.721. The topological polar surface area (TPSA) is 25.8 Å². The minimum absolute atomic E-state index is 0.540. The van der Waals surface area contributed by atoms with E-state index in [0.717, 1.165) is 39.3 Å². The lowest BCUT2D eigenvalue weighted by Crippen LogP contribution is -2.26. The van der Waals surface area contributed by atoms with Gasteiger partial charge in [-0.15, -0.1) is 0 Å². The van der Waals surface area contributed by atoms with Crippen LogP contribution in [0.3, 0.4) is 0 Å². The van der Waals surface area contributed by atoms with Crippen LogP contribution in [-0.4, -0.2) is 9.97 Å². The van der Waals surface area contributed by atoms with Gasteiger partial charge in [0.05, 0.1) is 16.8 Å². The molecular weight excluding hydrogens is 665 g/mol. The van der Waals surface area contributed by atoms with Crippen molar-refractivity contribution in [2.24, 2.45) is 0 Å². The van der Waals surface area contributed by atoms with E-state index in [1.165, 1.54) is 71.4 Å². The number of aromatic nitrogens is 2. The monoisotopic (exact) mass is 696 g/mol. The van der Waals surface area contributed by atoms with Crippen molar-refractivity contribution in [2.75, 3.05) is 0 Å². The lowest BCUT2D eigenvalue weighted by Gasteiger charge is -2.32. The molecule has 9 aromatic carbocycles. The van der Waals surface area contributed by atoms with Gasteiger partial charge in [-0.2, -0.15) is 0 Å². The van der Waals surface area contributed by atoms with E-state index in [1.807, 2.05) is 0 Å². The van der Waals surface area contributed by atoms with Gasteiger partial charge in [0, 0.05) is 16.7 Å². The van der Waals surface area contributed by atoms with E-state index in [0.29, 0.717) is 0 Å². The molecule has 1 spiro atoms. The van der Waals surface area contributed by atoms with E-state index in [9.17, 15) is 0 Å². The third-order valence-corrected chi connectivity index (χ3v) is 12.1.